The predicted octanol–water partition coefficient (Wildman–Crippen LogP) is 0.905. The number of hydrogen-bond donors (Lipinski definition) is 1. The molecular weight excluding hydrogens is 233 g/mol. The van der Waals surface area contributed by atoms with Gasteiger partial charge in [-0.25, -0.2) is 0 Å². The quantitative estimate of drug-likeness (QED) is 0.737. The van der Waals surface area contributed by atoms with Crippen molar-refractivity contribution >= 4 is 13.5 Å². The highest BCUT2D eigenvalue weighted by molar-refractivity contribution is 7.55. The Balaban J connectivity index is 5.19. The van der Waals surface area contributed by atoms with E-state index in [4.69, 9.17) is 9.05 Å². The molecule has 0 unspecified atom stereocenters. The molecule has 0 heterocycles. The lowest BCUT2D eigenvalue weighted by Crippen LogP contribution is -2.43. The van der Waals surface area contributed by atoms with E-state index in [1.807, 2.05) is 0 Å². The molecule has 0 aromatic rings. The molecule has 0 bridgehead atoms. The van der Waals surface area contributed by atoms with Crippen LogP contribution in [0.1, 0.15) is 13.8 Å². The maximum atomic E-state index is 12.1. The van der Waals surface area contributed by atoms with Crippen LogP contribution in [-0.2, 0) is 18.4 Å². The summed E-state index contributed by atoms with van der Waals surface area (Å²) in [5.74, 6) is -1.24. The zero-order chi connectivity index (χ0) is 13.1. The van der Waals surface area contributed by atoms with Gasteiger partial charge in [0.05, 0.1) is 5.92 Å². The highest BCUT2D eigenvalue weighted by Crippen LogP contribution is 2.60. The molecule has 0 fully saturated rings. The van der Waals surface area contributed by atoms with E-state index in [-0.39, 0.29) is 5.91 Å². The molecule has 0 rings (SSSR count). The third-order valence-electron chi connectivity index (χ3n) is 2.67. The van der Waals surface area contributed by atoms with Crippen molar-refractivity contribution < 1.29 is 23.5 Å². The number of rotatable bonds is 5. The lowest BCUT2D eigenvalue weighted by atomic mass is 10.0. The predicted molar refractivity (Wildman–Crippen MR) is 60.1 cm³/mol. The zero-order valence-corrected chi connectivity index (χ0v) is 11.4. The largest absolute Gasteiger partial charge is 0.377 e. The summed E-state index contributed by atoms with van der Waals surface area (Å²) in [4.78, 5) is 13.0. The normalized spacial score (nSPS) is 17.7. The monoisotopic (exact) mass is 253 g/mol. The van der Waals surface area contributed by atoms with Crippen molar-refractivity contribution in [1.29, 1.82) is 0 Å². The van der Waals surface area contributed by atoms with Crippen molar-refractivity contribution in [2.75, 3.05) is 28.3 Å². The van der Waals surface area contributed by atoms with Gasteiger partial charge in [0.15, 0.2) is 5.34 Å². The maximum Gasteiger partial charge on any atom is 0.361 e. The molecule has 2 atom stereocenters. The smallest absolute Gasteiger partial charge is 0.361 e. The van der Waals surface area contributed by atoms with Crippen LogP contribution >= 0.6 is 7.60 Å². The van der Waals surface area contributed by atoms with Crippen LogP contribution in [0.4, 0.5) is 0 Å². The number of amides is 1. The van der Waals surface area contributed by atoms with Crippen molar-refractivity contribution in [3.63, 3.8) is 0 Å². The van der Waals surface area contributed by atoms with Crippen molar-refractivity contribution in [2.24, 2.45) is 5.92 Å². The first-order valence-corrected chi connectivity index (χ1v) is 6.33. The van der Waals surface area contributed by atoms with E-state index < -0.39 is 18.9 Å². The molecule has 0 saturated heterocycles. The Labute approximate surface area is 96.1 Å². The average Bonchev–Trinajstić information content (AvgIpc) is 2.25. The molecule has 0 radical (unpaired) electrons. The van der Waals surface area contributed by atoms with Crippen LogP contribution in [-0.4, -0.2) is 49.6 Å². The van der Waals surface area contributed by atoms with Crippen LogP contribution in [0.25, 0.3) is 0 Å². The number of hydrogen-bond acceptors (Lipinski definition) is 5. The molecule has 7 heteroatoms. The van der Waals surface area contributed by atoms with Crippen LogP contribution in [0.15, 0.2) is 0 Å². The van der Waals surface area contributed by atoms with Crippen molar-refractivity contribution in [3.05, 3.63) is 0 Å². The number of nitrogens with zero attached hydrogens (tertiary/aromatic N) is 1. The summed E-state index contributed by atoms with van der Waals surface area (Å²) in [6, 6.07) is 0. The fourth-order valence-corrected chi connectivity index (χ4v) is 2.78. The first kappa shape index (κ1) is 15.6. The Morgan fingerprint density at radius 1 is 1.38 bits per heavy atom. The lowest BCUT2D eigenvalue weighted by Gasteiger charge is -2.34. The van der Waals surface area contributed by atoms with Gasteiger partial charge >= 0.3 is 7.60 Å². The summed E-state index contributed by atoms with van der Waals surface area (Å²) >= 11 is 0. The van der Waals surface area contributed by atoms with Crippen molar-refractivity contribution in [1.82, 2.24) is 4.90 Å². The second-order valence-corrected chi connectivity index (χ2v) is 6.54. The van der Waals surface area contributed by atoms with Gasteiger partial charge in [0.1, 0.15) is 0 Å². The van der Waals surface area contributed by atoms with E-state index in [0.717, 1.165) is 0 Å². The molecule has 96 valence electrons. The van der Waals surface area contributed by atoms with E-state index >= 15 is 0 Å². The summed E-state index contributed by atoms with van der Waals surface area (Å²) in [5, 5.41) is 8.30. The maximum absolute atomic E-state index is 12.1. The van der Waals surface area contributed by atoms with Gasteiger partial charge in [0.25, 0.3) is 0 Å². The van der Waals surface area contributed by atoms with Gasteiger partial charge < -0.3 is 19.1 Å². The van der Waals surface area contributed by atoms with Gasteiger partial charge in [-0.05, 0) is 6.92 Å². The summed E-state index contributed by atoms with van der Waals surface area (Å²) in [6.45, 7) is 2.75. The van der Waals surface area contributed by atoms with Crippen molar-refractivity contribution in [2.45, 2.75) is 19.2 Å². The van der Waals surface area contributed by atoms with Gasteiger partial charge in [0, 0.05) is 28.3 Å². The fourth-order valence-electron chi connectivity index (χ4n) is 1.30. The molecule has 0 saturated carbocycles. The Morgan fingerprint density at radius 2 is 1.75 bits per heavy atom. The SMILES string of the molecule is COP(=O)(OC)[C@](C)(O)[C@H](C)C(=O)N(C)C. The van der Waals surface area contributed by atoms with Crippen LogP contribution in [0.3, 0.4) is 0 Å². The second kappa shape index (κ2) is 5.27. The molecule has 1 N–H and O–H groups in total. The van der Waals surface area contributed by atoms with E-state index in [2.05, 4.69) is 0 Å². The Bertz CT molecular complexity index is 294. The lowest BCUT2D eigenvalue weighted by molar-refractivity contribution is -0.137. The Hall–Kier alpha value is -0.420. The molecular formula is C9H20NO5P. The third kappa shape index (κ3) is 2.63. The Kier molecular flexibility index (Phi) is 5.14. The molecule has 0 aliphatic heterocycles. The molecule has 0 spiro atoms. The van der Waals surface area contributed by atoms with Crippen LogP contribution in [0.2, 0.25) is 0 Å². The van der Waals surface area contributed by atoms with E-state index in [0.29, 0.717) is 0 Å². The minimum Gasteiger partial charge on any atom is -0.377 e. The average molecular weight is 253 g/mol. The third-order valence-corrected chi connectivity index (χ3v) is 5.12. The summed E-state index contributed by atoms with van der Waals surface area (Å²) in [5.41, 5.74) is 0. The van der Waals surface area contributed by atoms with Gasteiger partial charge in [0.2, 0.25) is 5.91 Å². The first-order valence-electron chi connectivity index (χ1n) is 4.79. The second-order valence-electron chi connectivity index (χ2n) is 3.91. The van der Waals surface area contributed by atoms with E-state index in [1.54, 1.807) is 14.1 Å². The number of carbonyl (C=O) groups excluding carboxylic acids is 1. The summed E-state index contributed by atoms with van der Waals surface area (Å²) in [6.07, 6.45) is 0. The van der Waals surface area contributed by atoms with Crippen LogP contribution in [0.5, 0.6) is 0 Å². The van der Waals surface area contributed by atoms with Gasteiger partial charge in [-0.1, -0.05) is 6.92 Å². The molecule has 6 nitrogen and oxygen atoms in total. The minimum atomic E-state index is -3.73. The molecule has 1 amide bonds. The van der Waals surface area contributed by atoms with Gasteiger partial charge in [-0.2, -0.15) is 0 Å². The highest BCUT2D eigenvalue weighted by atomic mass is 31.2. The summed E-state index contributed by atoms with van der Waals surface area (Å²) in [7, 11) is 1.73. The van der Waals surface area contributed by atoms with Crippen LogP contribution in [0, 0.1) is 5.92 Å². The number of carbonyl (C=O) groups is 1. The summed E-state index contributed by atoms with van der Waals surface area (Å²) < 4.78 is 21.5. The van der Waals surface area contributed by atoms with Gasteiger partial charge in [-0.3, -0.25) is 9.36 Å². The van der Waals surface area contributed by atoms with Gasteiger partial charge in [-0.15, -0.1) is 0 Å². The molecule has 0 aromatic heterocycles. The van der Waals surface area contributed by atoms with Crippen molar-refractivity contribution in [3.8, 4) is 0 Å². The molecule has 0 aromatic carbocycles. The minimum absolute atomic E-state index is 0.348. The molecule has 0 aliphatic rings. The first-order chi connectivity index (χ1) is 7.14. The van der Waals surface area contributed by atoms with Crippen LogP contribution < -0.4 is 0 Å². The number of aliphatic hydroxyl groups is 1. The fraction of sp³-hybridized carbons (Fsp3) is 0.889. The zero-order valence-electron chi connectivity index (χ0n) is 10.6. The topological polar surface area (TPSA) is 76.1 Å². The standard InChI is InChI=1S/C9H20NO5P/c1-7(8(11)10(3)4)9(2,12)16(13,14-5)15-6/h7,12H,1-6H3/t7-,9+/m1/s1. The highest BCUT2D eigenvalue weighted by Gasteiger charge is 2.51. The molecule has 16 heavy (non-hydrogen) atoms. The van der Waals surface area contributed by atoms with E-state index in [1.165, 1.54) is 33.0 Å². The molecule has 0 aliphatic carbocycles. The van der Waals surface area contributed by atoms with E-state index in [9.17, 15) is 14.5 Å². The Morgan fingerprint density at radius 3 is 2.00 bits per heavy atom.